The van der Waals surface area contributed by atoms with E-state index in [9.17, 15) is 5.11 Å². The largest absolute Gasteiger partial charge is 0.506 e. The first kappa shape index (κ1) is 16.8. The van der Waals surface area contributed by atoms with Crippen molar-refractivity contribution in [1.29, 1.82) is 0 Å². The van der Waals surface area contributed by atoms with Gasteiger partial charge in [-0.15, -0.1) is 0 Å². The molecule has 0 aliphatic carbocycles. The summed E-state index contributed by atoms with van der Waals surface area (Å²) in [5.74, 6) is 1.91. The fraction of sp³-hybridized carbons (Fsp3) is 0.316. The molecule has 0 amide bonds. The van der Waals surface area contributed by atoms with Crippen LogP contribution in [0.15, 0.2) is 36.4 Å². The highest BCUT2D eigenvalue weighted by atomic mass is 32.1. The highest BCUT2D eigenvalue weighted by molar-refractivity contribution is 7.22. The number of hydrogen-bond donors (Lipinski definition) is 1. The number of para-hydroxylation sites is 2. The summed E-state index contributed by atoms with van der Waals surface area (Å²) in [6, 6.07) is 11.3. The van der Waals surface area contributed by atoms with Crippen LogP contribution < -0.4 is 19.3 Å². The number of benzene rings is 2. The summed E-state index contributed by atoms with van der Waals surface area (Å²) in [5.41, 5.74) is 1.73. The number of rotatable bonds is 4. The van der Waals surface area contributed by atoms with E-state index < -0.39 is 0 Å². The van der Waals surface area contributed by atoms with E-state index >= 15 is 0 Å². The third-order valence-corrected chi connectivity index (χ3v) is 5.80. The summed E-state index contributed by atoms with van der Waals surface area (Å²) in [6.07, 6.45) is 0. The average Bonchev–Trinajstić information content (AvgIpc) is 3.13. The third-order valence-electron chi connectivity index (χ3n) is 4.67. The Balaban J connectivity index is 1.57. The standard InChI is InChI=1S/C19H21N3O3S/c1-24-15-7-8-16(25-2)18-17(15)20-19(26-18)22-11-9-21(10-12-22)13-5-3-4-6-14(13)23/h3-8,23H,9-12H2,1-2H3. The minimum absolute atomic E-state index is 0.329. The van der Waals surface area contributed by atoms with Crippen LogP contribution in [0.25, 0.3) is 10.2 Å². The van der Waals surface area contributed by atoms with Crippen molar-refractivity contribution in [2.45, 2.75) is 0 Å². The number of phenols is 1. The number of methoxy groups -OCH3 is 2. The molecule has 0 unspecified atom stereocenters. The molecule has 4 rings (SSSR count). The van der Waals surface area contributed by atoms with Gasteiger partial charge in [0.15, 0.2) is 5.13 Å². The monoisotopic (exact) mass is 371 g/mol. The topological polar surface area (TPSA) is 58.1 Å². The van der Waals surface area contributed by atoms with E-state index in [2.05, 4.69) is 9.80 Å². The summed E-state index contributed by atoms with van der Waals surface area (Å²) in [4.78, 5) is 9.29. The summed E-state index contributed by atoms with van der Waals surface area (Å²) < 4.78 is 11.9. The molecule has 2 aromatic carbocycles. The highest BCUT2D eigenvalue weighted by Crippen LogP contribution is 2.40. The molecule has 136 valence electrons. The lowest BCUT2D eigenvalue weighted by atomic mass is 10.2. The fourth-order valence-corrected chi connectivity index (χ4v) is 4.41. The normalized spacial score (nSPS) is 14.7. The summed E-state index contributed by atoms with van der Waals surface area (Å²) >= 11 is 1.63. The van der Waals surface area contributed by atoms with Crippen LogP contribution in [0.2, 0.25) is 0 Å². The van der Waals surface area contributed by atoms with Crippen molar-refractivity contribution >= 4 is 32.4 Å². The first-order valence-corrected chi connectivity index (χ1v) is 9.32. The quantitative estimate of drug-likeness (QED) is 0.759. The Labute approximate surface area is 156 Å². The Hall–Kier alpha value is -2.67. The summed E-state index contributed by atoms with van der Waals surface area (Å²) in [5, 5.41) is 11.0. The van der Waals surface area contributed by atoms with Gasteiger partial charge in [-0.3, -0.25) is 0 Å². The van der Waals surface area contributed by atoms with Crippen LogP contribution in [-0.4, -0.2) is 50.5 Å². The number of anilines is 2. The second-order valence-electron chi connectivity index (χ2n) is 6.11. The fourth-order valence-electron chi connectivity index (χ4n) is 3.28. The van der Waals surface area contributed by atoms with Crippen molar-refractivity contribution < 1.29 is 14.6 Å². The van der Waals surface area contributed by atoms with Gasteiger partial charge in [-0.1, -0.05) is 23.5 Å². The number of phenolic OH excluding ortho intramolecular Hbond substituents is 1. The summed E-state index contributed by atoms with van der Waals surface area (Å²) in [6.45, 7) is 3.36. The Morgan fingerprint density at radius 2 is 1.58 bits per heavy atom. The van der Waals surface area contributed by atoms with E-state index in [4.69, 9.17) is 14.5 Å². The van der Waals surface area contributed by atoms with Gasteiger partial charge in [-0.25, -0.2) is 4.98 Å². The number of aromatic nitrogens is 1. The van der Waals surface area contributed by atoms with E-state index in [0.717, 1.165) is 58.7 Å². The van der Waals surface area contributed by atoms with E-state index in [1.807, 2.05) is 30.3 Å². The maximum atomic E-state index is 10.1. The van der Waals surface area contributed by atoms with Crippen molar-refractivity contribution in [3.8, 4) is 17.2 Å². The molecular formula is C19H21N3O3S. The lowest BCUT2D eigenvalue weighted by Gasteiger charge is -2.36. The maximum Gasteiger partial charge on any atom is 0.186 e. The molecule has 1 saturated heterocycles. The van der Waals surface area contributed by atoms with Crippen LogP contribution in [0.1, 0.15) is 0 Å². The SMILES string of the molecule is COc1ccc(OC)c2sc(N3CCN(c4ccccc4O)CC3)nc12. The van der Waals surface area contributed by atoms with E-state index in [-0.39, 0.29) is 0 Å². The second-order valence-corrected chi connectivity index (χ2v) is 7.08. The zero-order chi connectivity index (χ0) is 18.1. The number of thiazole rings is 1. The van der Waals surface area contributed by atoms with Crippen LogP contribution in [-0.2, 0) is 0 Å². The number of piperazine rings is 1. The number of fused-ring (bicyclic) bond motifs is 1. The predicted octanol–water partition coefficient (Wildman–Crippen LogP) is 3.35. The summed E-state index contributed by atoms with van der Waals surface area (Å²) in [7, 11) is 3.33. The molecule has 26 heavy (non-hydrogen) atoms. The van der Waals surface area contributed by atoms with Gasteiger partial charge in [-0.05, 0) is 24.3 Å². The van der Waals surface area contributed by atoms with Gasteiger partial charge in [0.25, 0.3) is 0 Å². The van der Waals surface area contributed by atoms with E-state index in [1.165, 1.54) is 0 Å². The number of ether oxygens (including phenoxy) is 2. The molecule has 0 bridgehead atoms. The number of nitrogens with zero attached hydrogens (tertiary/aromatic N) is 3. The smallest absolute Gasteiger partial charge is 0.186 e. The minimum atomic E-state index is 0.329. The van der Waals surface area contributed by atoms with Gasteiger partial charge in [-0.2, -0.15) is 0 Å². The van der Waals surface area contributed by atoms with Crippen LogP contribution in [0.5, 0.6) is 17.2 Å². The molecule has 1 N–H and O–H groups in total. The van der Waals surface area contributed by atoms with Gasteiger partial charge in [0.1, 0.15) is 27.5 Å². The zero-order valence-electron chi connectivity index (χ0n) is 14.8. The van der Waals surface area contributed by atoms with E-state index in [1.54, 1.807) is 31.6 Å². The molecular weight excluding hydrogens is 350 g/mol. The van der Waals surface area contributed by atoms with Gasteiger partial charge in [0.2, 0.25) is 0 Å². The Morgan fingerprint density at radius 3 is 2.27 bits per heavy atom. The van der Waals surface area contributed by atoms with Gasteiger partial charge < -0.3 is 24.4 Å². The molecule has 3 aromatic rings. The molecule has 1 fully saturated rings. The van der Waals surface area contributed by atoms with Gasteiger partial charge >= 0.3 is 0 Å². The first-order valence-electron chi connectivity index (χ1n) is 8.50. The average molecular weight is 371 g/mol. The van der Waals surface area contributed by atoms with Crippen molar-refractivity contribution in [2.24, 2.45) is 0 Å². The molecule has 7 heteroatoms. The molecule has 1 aliphatic heterocycles. The molecule has 2 heterocycles. The first-order chi connectivity index (χ1) is 12.7. The second kappa shape index (κ2) is 6.92. The van der Waals surface area contributed by atoms with Crippen LogP contribution in [0, 0.1) is 0 Å². The molecule has 0 atom stereocenters. The third kappa shape index (κ3) is 2.88. The minimum Gasteiger partial charge on any atom is -0.506 e. The number of aromatic hydroxyl groups is 1. The molecule has 1 aromatic heterocycles. The Morgan fingerprint density at radius 1 is 0.923 bits per heavy atom. The molecule has 6 nitrogen and oxygen atoms in total. The lowest BCUT2D eigenvalue weighted by Crippen LogP contribution is -2.46. The highest BCUT2D eigenvalue weighted by Gasteiger charge is 2.23. The molecule has 0 radical (unpaired) electrons. The van der Waals surface area contributed by atoms with Crippen molar-refractivity contribution in [1.82, 2.24) is 4.98 Å². The van der Waals surface area contributed by atoms with Crippen LogP contribution in [0.3, 0.4) is 0 Å². The maximum absolute atomic E-state index is 10.1. The zero-order valence-corrected chi connectivity index (χ0v) is 15.6. The van der Waals surface area contributed by atoms with Crippen molar-refractivity contribution in [2.75, 3.05) is 50.2 Å². The van der Waals surface area contributed by atoms with Crippen LogP contribution >= 0.6 is 11.3 Å². The predicted molar refractivity (Wildman–Crippen MR) is 105 cm³/mol. The Kier molecular flexibility index (Phi) is 4.46. The Bertz CT molecular complexity index is 879. The molecule has 0 saturated carbocycles. The van der Waals surface area contributed by atoms with Gasteiger partial charge in [0.05, 0.1) is 19.9 Å². The van der Waals surface area contributed by atoms with E-state index in [0.29, 0.717) is 5.75 Å². The number of hydrogen-bond acceptors (Lipinski definition) is 7. The van der Waals surface area contributed by atoms with Crippen molar-refractivity contribution in [3.63, 3.8) is 0 Å². The van der Waals surface area contributed by atoms with Gasteiger partial charge in [0, 0.05) is 26.2 Å². The molecule has 0 spiro atoms. The lowest BCUT2D eigenvalue weighted by molar-refractivity contribution is 0.410. The molecule has 1 aliphatic rings. The van der Waals surface area contributed by atoms with Crippen LogP contribution in [0.4, 0.5) is 10.8 Å². The van der Waals surface area contributed by atoms with Crippen molar-refractivity contribution in [3.05, 3.63) is 36.4 Å².